The molecule has 2 aromatic rings. The van der Waals surface area contributed by atoms with Crippen molar-refractivity contribution in [3.8, 4) is 23.0 Å². The Hall–Kier alpha value is -3.25. The second-order valence-electron chi connectivity index (χ2n) is 5.66. The van der Waals surface area contributed by atoms with E-state index in [9.17, 15) is 25.2 Å². The zero-order valence-corrected chi connectivity index (χ0v) is 13.1. The van der Waals surface area contributed by atoms with E-state index in [0.29, 0.717) is 22.3 Å². The number of ketones is 1. The summed E-state index contributed by atoms with van der Waals surface area (Å²) in [5.74, 6) is -1.21. The minimum atomic E-state index is -0.270. The Morgan fingerprint density at radius 2 is 1.16 bits per heavy atom. The van der Waals surface area contributed by atoms with Crippen molar-refractivity contribution >= 4 is 17.9 Å². The summed E-state index contributed by atoms with van der Waals surface area (Å²) in [6, 6.07) is 8.53. The van der Waals surface area contributed by atoms with Crippen LogP contribution in [-0.4, -0.2) is 39.4 Å². The number of ether oxygens (including phenoxy) is 1. The number of carbonyl (C=O) groups excluding carboxylic acids is 1. The van der Waals surface area contributed by atoms with E-state index >= 15 is 0 Å². The molecule has 1 aliphatic rings. The molecule has 4 N–H and O–H groups in total. The second-order valence-corrected chi connectivity index (χ2v) is 5.66. The maximum atomic E-state index is 12.6. The van der Waals surface area contributed by atoms with Crippen molar-refractivity contribution in [3.63, 3.8) is 0 Å². The topological polar surface area (TPSA) is 107 Å². The van der Waals surface area contributed by atoms with Crippen LogP contribution in [0.2, 0.25) is 0 Å². The van der Waals surface area contributed by atoms with Gasteiger partial charge in [-0.2, -0.15) is 0 Å². The van der Waals surface area contributed by atoms with E-state index in [1.165, 1.54) is 24.3 Å². The van der Waals surface area contributed by atoms with Crippen molar-refractivity contribution in [2.45, 2.75) is 0 Å². The van der Waals surface area contributed by atoms with Gasteiger partial charge in [-0.15, -0.1) is 0 Å². The van der Waals surface area contributed by atoms with Crippen molar-refractivity contribution in [3.05, 3.63) is 58.7 Å². The third kappa shape index (κ3) is 3.64. The first-order valence-corrected chi connectivity index (χ1v) is 7.51. The Labute approximate surface area is 143 Å². The van der Waals surface area contributed by atoms with Crippen molar-refractivity contribution in [1.29, 1.82) is 0 Å². The van der Waals surface area contributed by atoms with Gasteiger partial charge in [-0.05, 0) is 47.5 Å². The highest BCUT2D eigenvalue weighted by molar-refractivity contribution is 6.14. The first-order chi connectivity index (χ1) is 11.9. The molecule has 0 unspecified atom stereocenters. The Morgan fingerprint density at radius 1 is 0.720 bits per heavy atom. The van der Waals surface area contributed by atoms with Gasteiger partial charge in [0.2, 0.25) is 0 Å². The van der Waals surface area contributed by atoms with Crippen LogP contribution in [0.15, 0.2) is 47.5 Å². The summed E-state index contributed by atoms with van der Waals surface area (Å²) in [6.07, 6.45) is 3.17. The number of Topliss-reactive ketones (excluding diaryl/α,β-unsaturated/α-hetero) is 1. The van der Waals surface area contributed by atoms with Crippen molar-refractivity contribution < 1.29 is 30.0 Å². The quantitative estimate of drug-likeness (QED) is 0.494. The molecule has 0 bridgehead atoms. The van der Waals surface area contributed by atoms with Crippen LogP contribution in [0.5, 0.6) is 23.0 Å². The van der Waals surface area contributed by atoms with Crippen LogP contribution < -0.4 is 0 Å². The molecule has 0 amide bonds. The van der Waals surface area contributed by atoms with E-state index < -0.39 is 0 Å². The van der Waals surface area contributed by atoms with Crippen LogP contribution in [0.3, 0.4) is 0 Å². The van der Waals surface area contributed by atoms with Gasteiger partial charge in [0, 0.05) is 11.1 Å². The summed E-state index contributed by atoms with van der Waals surface area (Å²) in [5, 5.41) is 37.8. The maximum Gasteiger partial charge on any atom is 0.189 e. The highest BCUT2D eigenvalue weighted by Gasteiger charge is 2.21. The first kappa shape index (κ1) is 16.6. The number of phenolic OH excluding ortho intramolecular Hbond substituents is 4. The molecule has 2 aromatic carbocycles. The number of hydrogen-bond acceptors (Lipinski definition) is 6. The lowest BCUT2D eigenvalue weighted by Gasteiger charge is -2.17. The third-order valence-electron chi connectivity index (χ3n) is 3.78. The van der Waals surface area contributed by atoms with E-state index in [4.69, 9.17) is 4.74 Å². The first-order valence-electron chi connectivity index (χ1n) is 7.51. The molecule has 25 heavy (non-hydrogen) atoms. The number of benzene rings is 2. The fourth-order valence-electron chi connectivity index (χ4n) is 2.49. The minimum Gasteiger partial charge on any atom is -0.504 e. The van der Waals surface area contributed by atoms with Crippen LogP contribution >= 0.6 is 0 Å². The van der Waals surface area contributed by atoms with E-state index in [0.717, 1.165) is 0 Å². The van der Waals surface area contributed by atoms with E-state index in [-0.39, 0.29) is 42.0 Å². The molecular weight excluding hydrogens is 324 g/mol. The molecule has 0 saturated carbocycles. The van der Waals surface area contributed by atoms with Gasteiger partial charge in [-0.3, -0.25) is 4.79 Å². The summed E-state index contributed by atoms with van der Waals surface area (Å²) in [5.41, 5.74) is 1.94. The largest absolute Gasteiger partial charge is 0.504 e. The molecule has 0 aromatic heterocycles. The van der Waals surface area contributed by atoms with Gasteiger partial charge in [0.05, 0.1) is 13.2 Å². The van der Waals surface area contributed by atoms with Crippen LogP contribution in [0.4, 0.5) is 0 Å². The number of aromatic hydroxyl groups is 4. The monoisotopic (exact) mass is 340 g/mol. The summed E-state index contributed by atoms with van der Waals surface area (Å²) in [7, 11) is 0. The lowest BCUT2D eigenvalue weighted by molar-refractivity contribution is -0.114. The highest BCUT2D eigenvalue weighted by Crippen LogP contribution is 2.29. The summed E-state index contributed by atoms with van der Waals surface area (Å²) >= 11 is 0. The number of hydrogen-bond donors (Lipinski definition) is 4. The standard InChI is InChI=1S/C19H16O6/c20-15-3-1-11(7-17(15)22)5-13-9-25-10-14(19(13)24)6-12-2-4-16(21)18(23)8-12/h1-8,20-23H,9-10H2/b13-5-,14-6-. The zero-order valence-electron chi connectivity index (χ0n) is 13.1. The van der Waals surface area contributed by atoms with Gasteiger partial charge in [-0.25, -0.2) is 0 Å². The molecule has 1 heterocycles. The van der Waals surface area contributed by atoms with Crippen LogP contribution in [0.25, 0.3) is 12.2 Å². The van der Waals surface area contributed by atoms with Gasteiger partial charge in [0.1, 0.15) is 0 Å². The van der Waals surface area contributed by atoms with Crippen molar-refractivity contribution in [1.82, 2.24) is 0 Å². The van der Waals surface area contributed by atoms with Gasteiger partial charge in [0.25, 0.3) is 0 Å². The van der Waals surface area contributed by atoms with Gasteiger partial charge >= 0.3 is 0 Å². The Kier molecular flexibility index (Phi) is 4.45. The molecular formula is C19H16O6. The molecule has 6 nitrogen and oxygen atoms in total. The van der Waals surface area contributed by atoms with E-state index in [2.05, 4.69) is 0 Å². The Bertz CT molecular complexity index is 823. The molecule has 0 radical (unpaired) electrons. The molecule has 0 spiro atoms. The van der Waals surface area contributed by atoms with E-state index in [1.54, 1.807) is 24.3 Å². The van der Waals surface area contributed by atoms with Crippen LogP contribution in [-0.2, 0) is 9.53 Å². The Balaban J connectivity index is 1.89. The minimum absolute atomic E-state index is 0.138. The summed E-state index contributed by atoms with van der Waals surface area (Å²) in [4.78, 5) is 12.6. The average molecular weight is 340 g/mol. The smallest absolute Gasteiger partial charge is 0.189 e. The lowest BCUT2D eigenvalue weighted by atomic mass is 9.97. The summed E-state index contributed by atoms with van der Waals surface area (Å²) in [6.45, 7) is 0.275. The SMILES string of the molecule is O=C1/C(=C\c2ccc(O)c(O)c2)COC/C1=C/c1ccc(O)c(O)c1. The molecule has 128 valence electrons. The lowest BCUT2D eigenvalue weighted by Crippen LogP contribution is -2.21. The second kappa shape index (κ2) is 6.70. The zero-order chi connectivity index (χ0) is 18.0. The molecule has 1 aliphatic heterocycles. The van der Waals surface area contributed by atoms with E-state index in [1.807, 2.05) is 0 Å². The fraction of sp³-hybridized carbons (Fsp3) is 0.105. The average Bonchev–Trinajstić information content (AvgIpc) is 2.58. The van der Waals surface area contributed by atoms with Crippen LogP contribution in [0, 0.1) is 0 Å². The highest BCUT2D eigenvalue weighted by atomic mass is 16.5. The number of phenols is 4. The predicted octanol–water partition coefficient (Wildman–Crippen LogP) is 2.58. The third-order valence-corrected chi connectivity index (χ3v) is 3.78. The van der Waals surface area contributed by atoms with Crippen molar-refractivity contribution in [2.75, 3.05) is 13.2 Å². The normalized spacial score (nSPS) is 18.0. The maximum absolute atomic E-state index is 12.6. The van der Waals surface area contributed by atoms with Gasteiger partial charge in [-0.1, -0.05) is 12.1 Å². The summed E-state index contributed by atoms with van der Waals surface area (Å²) < 4.78 is 5.44. The van der Waals surface area contributed by atoms with Gasteiger partial charge in [0.15, 0.2) is 28.8 Å². The molecule has 3 rings (SSSR count). The number of carbonyl (C=O) groups is 1. The Morgan fingerprint density at radius 3 is 1.56 bits per heavy atom. The fourth-order valence-corrected chi connectivity index (χ4v) is 2.49. The van der Waals surface area contributed by atoms with Crippen molar-refractivity contribution in [2.24, 2.45) is 0 Å². The molecule has 6 heteroatoms. The van der Waals surface area contributed by atoms with Crippen LogP contribution in [0.1, 0.15) is 11.1 Å². The molecule has 0 atom stereocenters. The molecule has 1 saturated heterocycles. The predicted molar refractivity (Wildman–Crippen MR) is 91.3 cm³/mol. The number of rotatable bonds is 2. The molecule has 1 fully saturated rings. The molecule has 0 aliphatic carbocycles. The van der Waals surface area contributed by atoms with Gasteiger partial charge < -0.3 is 25.2 Å².